The average molecular weight is 380 g/mol. The Labute approximate surface area is 163 Å². The lowest BCUT2D eigenvalue weighted by atomic mass is 9.75. The van der Waals surface area contributed by atoms with Gasteiger partial charge in [0.15, 0.2) is 17.3 Å². The molecule has 3 atom stereocenters. The summed E-state index contributed by atoms with van der Waals surface area (Å²) in [4.78, 5) is 22.4. The van der Waals surface area contributed by atoms with Crippen molar-refractivity contribution >= 4 is 5.91 Å². The zero-order valence-corrected chi connectivity index (χ0v) is 16.0. The zero-order chi connectivity index (χ0) is 18.8. The van der Waals surface area contributed by atoms with Gasteiger partial charge in [0, 0.05) is 37.9 Å². The molecule has 7 nitrogen and oxygen atoms in total. The molecule has 1 aromatic carbocycles. The third-order valence-corrected chi connectivity index (χ3v) is 7.09. The summed E-state index contributed by atoms with van der Waals surface area (Å²) in [5, 5.41) is 0. The Balaban J connectivity index is 1.39. The van der Waals surface area contributed by atoms with Gasteiger partial charge in [0.05, 0.1) is 6.04 Å². The second-order valence-corrected chi connectivity index (χ2v) is 8.39. The number of rotatable bonds is 2. The molecule has 1 aromatic heterocycles. The number of likely N-dealkylation sites (tertiary alicyclic amines) is 1. The van der Waals surface area contributed by atoms with Gasteiger partial charge in [-0.3, -0.25) is 9.69 Å². The van der Waals surface area contributed by atoms with E-state index in [2.05, 4.69) is 26.9 Å². The van der Waals surface area contributed by atoms with Crippen molar-refractivity contribution in [3.63, 3.8) is 0 Å². The number of aryl methyl sites for hydroxylation is 1. The zero-order valence-electron chi connectivity index (χ0n) is 16.0. The van der Waals surface area contributed by atoms with Crippen molar-refractivity contribution < 1.29 is 14.3 Å². The van der Waals surface area contributed by atoms with Crippen molar-refractivity contribution in [2.45, 2.75) is 30.8 Å². The predicted octanol–water partition coefficient (Wildman–Crippen LogP) is 1.85. The molecule has 28 heavy (non-hydrogen) atoms. The van der Waals surface area contributed by atoms with Gasteiger partial charge in [0.1, 0.15) is 0 Å². The van der Waals surface area contributed by atoms with E-state index in [0.29, 0.717) is 17.8 Å². The molecule has 0 spiro atoms. The van der Waals surface area contributed by atoms with Crippen LogP contribution in [0.1, 0.15) is 34.9 Å². The summed E-state index contributed by atoms with van der Waals surface area (Å²) in [5.74, 6) is 3.08. The summed E-state index contributed by atoms with van der Waals surface area (Å²) in [7, 11) is 1.89. The van der Waals surface area contributed by atoms with E-state index in [0.717, 1.165) is 31.1 Å². The Morgan fingerprint density at radius 2 is 1.96 bits per heavy atom. The van der Waals surface area contributed by atoms with Gasteiger partial charge in [-0.15, -0.1) is 0 Å². The molecule has 5 aliphatic heterocycles. The number of nitrogens with zero attached hydrogens (tertiary/aromatic N) is 4. The fourth-order valence-corrected chi connectivity index (χ4v) is 5.79. The Hall–Kier alpha value is -2.54. The normalized spacial score (nSPS) is 32.6. The van der Waals surface area contributed by atoms with Crippen LogP contribution in [0.3, 0.4) is 0 Å². The van der Waals surface area contributed by atoms with Crippen LogP contribution in [0.5, 0.6) is 11.5 Å². The van der Waals surface area contributed by atoms with Gasteiger partial charge in [0.2, 0.25) is 6.79 Å². The maximum Gasteiger partial charge on any atom is 0.290 e. The van der Waals surface area contributed by atoms with Gasteiger partial charge < -0.3 is 18.9 Å². The summed E-state index contributed by atoms with van der Waals surface area (Å²) in [5.41, 5.74) is 1.24. The van der Waals surface area contributed by atoms with E-state index in [1.807, 2.05) is 23.9 Å². The van der Waals surface area contributed by atoms with Crippen LogP contribution in [0, 0.1) is 5.92 Å². The molecule has 2 bridgehead atoms. The van der Waals surface area contributed by atoms with Crippen molar-refractivity contribution in [3.8, 4) is 11.5 Å². The topological polar surface area (TPSA) is 59.8 Å². The smallest absolute Gasteiger partial charge is 0.290 e. The van der Waals surface area contributed by atoms with Crippen LogP contribution in [0.15, 0.2) is 30.6 Å². The van der Waals surface area contributed by atoms with Crippen LogP contribution in [0.25, 0.3) is 0 Å². The van der Waals surface area contributed by atoms with E-state index in [4.69, 9.17) is 9.47 Å². The highest BCUT2D eigenvalue weighted by Crippen LogP contribution is 2.48. The molecule has 0 N–H and O–H groups in total. The first-order valence-corrected chi connectivity index (χ1v) is 10.1. The van der Waals surface area contributed by atoms with Crippen molar-refractivity contribution in [2.24, 2.45) is 13.0 Å². The van der Waals surface area contributed by atoms with Crippen molar-refractivity contribution in [2.75, 3.05) is 26.4 Å². The quantitative estimate of drug-likeness (QED) is 0.796. The van der Waals surface area contributed by atoms with E-state index < -0.39 is 0 Å². The van der Waals surface area contributed by atoms with Gasteiger partial charge in [-0.25, -0.2) is 4.98 Å². The molecule has 0 saturated carbocycles. The molecule has 7 heteroatoms. The number of hydrogen-bond donors (Lipinski definition) is 0. The average Bonchev–Trinajstić information content (AvgIpc) is 3.46. The summed E-state index contributed by atoms with van der Waals surface area (Å²) in [6.45, 7) is 3.29. The molecule has 4 fully saturated rings. The van der Waals surface area contributed by atoms with Crippen LogP contribution >= 0.6 is 0 Å². The SMILES string of the molecule is Cn1ccnc1C(=O)N1C[C@@H](c2ccc3c(c2)OCO3)[C@@H]2[C@H]1C1CCN2CC1. The van der Waals surface area contributed by atoms with Crippen molar-refractivity contribution in [3.05, 3.63) is 42.0 Å². The first kappa shape index (κ1) is 16.4. The highest BCUT2D eigenvalue weighted by atomic mass is 16.7. The lowest BCUT2D eigenvalue weighted by Crippen LogP contribution is -2.60. The van der Waals surface area contributed by atoms with Gasteiger partial charge in [-0.05, 0) is 49.5 Å². The van der Waals surface area contributed by atoms with Crippen molar-refractivity contribution in [1.29, 1.82) is 0 Å². The molecule has 5 aliphatic rings. The number of benzene rings is 1. The number of imidazole rings is 1. The number of fused-ring (bicyclic) bond motifs is 3. The van der Waals surface area contributed by atoms with Crippen LogP contribution in [0.2, 0.25) is 0 Å². The van der Waals surface area contributed by atoms with E-state index in [-0.39, 0.29) is 24.7 Å². The van der Waals surface area contributed by atoms with Gasteiger partial charge >= 0.3 is 0 Å². The lowest BCUT2D eigenvalue weighted by Gasteiger charge is -2.51. The molecule has 0 radical (unpaired) electrons. The first-order valence-electron chi connectivity index (χ1n) is 10.1. The van der Waals surface area contributed by atoms with Crippen LogP contribution in [-0.4, -0.2) is 63.8 Å². The maximum absolute atomic E-state index is 13.4. The molecule has 4 saturated heterocycles. The molecule has 146 valence electrons. The molecule has 0 unspecified atom stereocenters. The number of carbonyl (C=O) groups excluding carboxylic acids is 1. The van der Waals surface area contributed by atoms with Crippen molar-refractivity contribution in [1.82, 2.24) is 19.4 Å². The first-order chi connectivity index (χ1) is 13.7. The van der Waals surface area contributed by atoms with Gasteiger partial charge in [-0.1, -0.05) is 6.07 Å². The van der Waals surface area contributed by atoms with Crippen LogP contribution < -0.4 is 9.47 Å². The summed E-state index contributed by atoms with van der Waals surface area (Å²) in [6.07, 6.45) is 5.90. The largest absolute Gasteiger partial charge is 0.454 e. The van der Waals surface area contributed by atoms with Gasteiger partial charge in [-0.2, -0.15) is 0 Å². The Morgan fingerprint density at radius 3 is 2.75 bits per heavy atom. The molecule has 0 aliphatic carbocycles. The predicted molar refractivity (Wildman–Crippen MR) is 101 cm³/mol. The Morgan fingerprint density at radius 1 is 1.14 bits per heavy atom. The molecule has 7 rings (SSSR count). The maximum atomic E-state index is 13.4. The number of ether oxygens (including phenoxy) is 2. The molecular formula is C21H24N4O3. The minimum atomic E-state index is 0.0551. The number of piperidine rings is 3. The molecule has 6 heterocycles. The van der Waals surface area contributed by atoms with Crippen LogP contribution in [0.4, 0.5) is 0 Å². The second kappa shape index (κ2) is 5.98. The highest BCUT2D eigenvalue weighted by Gasteiger charge is 2.55. The van der Waals surface area contributed by atoms with Crippen LogP contribution in [-0.2, 0) is 7.05 Å². The fraction of sp³-hybridized carbons (Fsp3) is 0.524. The van der Waals surface area contributed by atoms with E-state index >= 15 is 0 Å². The highest BCUT2D eigenvalue weighted by molar-refractivity contribution is 5.91. The molecule has 1 amide bonds. The Kier molecular flexibility index (Phi) is 3.50. The van der Waals surface area contributed by atoms with E-state index in [1.54, 1.807) is 6.20 Å². The lowest BCUT2D eigenvalue weighted by molar-refractivity contribution is -0.00388. The number of amides is 1. The monoisotopic (exact) mass is 380 g/mol. The number of aromatic nitrogens is 2. The molecule has 2 aromatic rings. The molecular weight excluding hydrogens is 356 g/mol. The summed E-state index contributed by atoms with van der Waals surface area (Å²) >= 11 is 0. The number of carbonyl (C=O) groups is 1. The standard InChI is InChI=1S/C21H24N4O3/c1-23-9-6-22-20(23)21(26)25-11-15(14-2-3-16-17(10-14)28-12-27-16)19-18(25)13-4-7-24(19)8-5-13/h2-3,6,9-10,13,15,18-19H,4-5,7-8,11-12H2,1H3/t15-,18+,19+/m0/s1. The summed E-state index contributed by atoms with van der Waals surface area (Å²) < 4.78 is 12.9. The fourth-order valence-electron chi connectivity index (χ4n) is 5.79. The number of hydrogen-bond acceptors (Lipinski definition) is 5. The Bertz CT molecular complexity index is 933. The van der Waals surface area contributed by atoms with E-state index in [9.17, 15) is 4.79 Å². The minimum absolute atomic E-state index is 0.0551. The van der Waals surface area contributed by atoms with E-state index in [1.165, 1.54) is 18.4 Å². The van der Waals surface area contributed by atoms with Gasteiger partial charge in [0.25, 0.3) is 5.91 Å². The second-order valence-electron chi connectivity index (χ2n) is 8.39. The summed E-state index contributed by atoms with van der Waals surface area (Å²) in [6, 6.07) is 6.90. The third kappa shape index (κ3) is 2.25. The third-order valence-electron chi connectivity index (χ3n) is 7.09. The minimum Gasteiger partial charge on any atom is -0.454 e.